The SMILES string of the molecule is C[C@H](O)C(=O)N[C@@H](C)CCO. The standard InChI is InChI=1S/C7H15NO3/c1-5(3-4-9)8-7(11)6(2)10/h5-6,9-10H,3-4H2,1-2H3,(H,8,11)/t5-,6-/m0/s1. The molecule has 0 spiro atoms. The van der Waals surface area contributed by atoms with Crippen molar-refractivity contribution >= 4 is 5.91 Å². The first kappa shape index (κ1) is 10.4. The highest BCUT2D eigenvalue weighted by atomic mass is 16.3. The Bertz CT molecular complexity index is 125. The van der Waals surface area contributed by atoms with Crippen molar-refractivity contribution in [3.8, 4) is 0 Å². The molecule has 0 fully saturated rings. The Hall–Kier alpha value is -0.610. The van der Waals surface area contributed by atoms with Gasteiger partial charge in [-0.25, -0.2) is 0 Å². The summed E-state index contributed by atoms with van der Waals surface area (Å²) in [5.41, 5.74) is 0. The van der Waals surface area contributed by atoms with Crippen molar-refractivity contribution in [3.63, 3.8) is 0 Å². The number of rotatable bonds is 4. The summed E-state index contributed by atoms with van der Waals surface area (Å²) in [6.45, 7) is 3.22. The van der Waals surface area contributed by atoms with E-state index in [4.69, 9.17) is 10.2 Å². The molecule has 0 saturated heterocycles. The average Bonchev–Trinajstić information content (AvgIpc) is 1.87. The van der Waals surface area contributed by atoms with Gasteiger partial charge in [0.25, 0.3) is 0 Å². The molecule has 0 saturated carbocycles. The fourth-order valence-electron chi connectivity index (χ4n) is 0.629. The largest absolute Gasteiger partial charge is 0.396 e. The summed E-state index contributed by atoms with van der Waals surface area (Å²) in [7, 11) is 0. The van der Waals surface area contributed by atoms with Gasteiger partial charge in [0.15, 0.2) is 0 Å². The summed E-state index contributed by atoms with van der Waals surface area (Å²) in [6, 6.07) is -0.0814. The average molecular weight is 161 g/mol. The van der Waals surface area contributed by atoms with Crippen molar-refractivity contribution in [1.82, 2.24) is 5.32 Å². The summed E-state index contributed by atoms with van der Waals surface area (Å²) in [6.07, 6.45) is -0.463. The molecule has 66 valence electrons. The van der Waals surface area contributed by atoms with Crippen molar-refractivity contribution in [1.29, 1.82) is 0 Å². The molecule has 11 heavy (non-hydrogen) atoms. The summed E-state index contributed by atoms with van der Waals surface area (Å²) >= 11 is 0. The predicted molar refractivity (Wildman–Crippen MR) is 41.0 cm³/mol. The molecule has 0 aromatic heterocycles. The van der Waals surface area contributed by atoms with Crippen LogP contribution >= 0.6 is 0 Å². The maximum absolute atomic E-state index is 10.8. The first-order valence-corrected chi connectivity index (χ1v) is 3.67. The van der Waals surface area contributed by atoms with Crippen LogP contribution in [0.15, 0.2) is 0 Å². The van der Waals surface area contributed by atoms with Gasteiger partial charge < -0.3 is 15.5 Å². The highest BCUT2D eigenvalue weighted by molar-refractivity contribution is 5.80. The number of hydrogen-bond acceptors (Lipinski definition) is 3. The fourth-order valence-corrected chi connectivity index (χ4v) is 0.629. The fraction of sp³-hybridized carbons (Fsp3) is 0.857. The number of amides is 1. The molecule has 4 nitrogen and oxygen atoms in total. The zero-order valence-corrected chi connectivity index (χ0v) is 6.87. The number of aliphatic hydroxyl groups is 2. The summed E-state index contributed by atoms with van der Waals surface area (Å²) < 4.78 is 0. The maximum atomic E-state index is 10.8. The summed E-state index contributed by atoms with van der Waals surface area (Å²) in [5.74, 6) is -0.397. The molecule has 3 N–H and O–H groups in total. The third-order valence-corrected chi connectivity index (χ3v) is 1.33. The minimum absolute atomic E-state index is 0.0429. The van der Waals surface area contributed by atoms with Crippen LogP contribution in [-0.2, 0) is 4.79 Å². The quantitative estimate of drug-likeness (QED) is 0.508. The highest BCUT2D eigenvalue weighted by Crippen LogP contribution is 1.89. The van der Waals surface area contributed by atoms with Crippen molar-refractivity contribution in [2.75, 3.05) is 6.61 Å². The van der Waals surface area contributed by atoms with Gasteiger partial charge in [-0.2, -0.15) is 0 Å². The second-order valence-corrected chi connectivity index (χ2v) is 2.60. The minimum Gasteiger partial charge on any atom is -0.396 e. The van der Waals surface area contributed by atoms with Gasteiger partial charge in [-0.15, -0.1) is 0 Å². The molecule has 0 aliphatic carbocycles. The van der Waals surface area contributed by atoms with E-state index in [9.17, 15) is 4.79 Å². The second kappa shape index (κ2) is 5.09. The van der Waals surface area contributed by atoms with Crippen LogP contribution in [0, 0.1) is 0 Å². The number of nitrogens with one attached hydrogen (secondary N) is 1. The van der Waals surface area contributed by atoms with Gasteiger partial charge in [0.2, 0.25) is 5.91 Å². The van der Waals surface area contributed by atoms with Crippen LogP contribution in [-0.4, -0.2) is 34.9 Å². The van der Waals surface area contributed by atoms with Crippen LogP contribution < -0.4 is 5.32 Å². The van der Waals surface area contributed by atoms with Crippen LogP contribution in [0.5, 0.6) is 0 Å². The lowest BCUT2D eigenvalue weighted by molar-refractivity contribution is -0.129. The normalized spacial score (nSPS) is 15.6. The number of carbonyl (C=O) groups is 1. The van der Waals surface area contributed by atoms with E-state index < -0.39 is 12.0 Å². The number of hydrogen-bond donors (Lipinski definition) is 3. The van der Waals surface area contributed by atoms with E-state index >= 15 is 0 Å². The Labute approximate surface area is 66.2 Å². The maximum Gasteiger partial charge on any atom is 0.248 e. The molecule has 1 amide bonds. The Morgan fingerprint density at radius 1 is 1.55 bits per heavy atom. The van der Waals surface area contributed by atoms with Crippen LogP contribution in [0.1, 0.15) is 20.3 Å². The smallest absolute Gasteiger partial charge is 0.248 e. The number of aliphatic hydroxyl groups excluding tert-OH is 2. The van der Waals surface area contributed by atoms with Gasteiger partial charge in [0.05, 0.1) is 0 Å². The van der Waals surface area contributed by atoms with Crippen LogP contribution in [0.2, 0.25) is 0 Å². The van der Waals surface area contributed by atoms with E-state index in [0.29, 0.717) is 6.42 Å². The Morgan fingerprint density at radius 2 is 2.09 bits per heavy atom. The molecule has 0 heterocycles. The summed E-state index contributed by atoms with van der Waals surface area (Å²) in [4.78, 5) is 10.8. The van der Waals surface area contributed by atoms with Gasteiger partial charge in [-0.1, -0.05) is 0 Å². The topological polar surface area (TPSA) is 69.6 Å². The van der Waals surface area contributed by atoms with Crippen molar-refractivity contribution < 1.29 is 15.0 Å². The lowest BCUT2D eigenvalue weighted by Crippen LogP contribution is -2.39. The zero-order valence-electron chi connectivity index (χ0n) is 6.87. The molecule has 4 heteroatoms. The third kappa shape index (κ3) is 4.75. The van der Waals surface area contributed by atoms with Gasteiger partial charge in [0, 0.05) is 12.6 Å². The van der Waals surface area contributed by atoms with Crippen LogP contribution in [0.4, 0.5) is 0 Å². The Kier molecular flexibility index (Phi) is 4.81. The molecular weight excluding hydrogens is 146 g/mol. The molecule has 0 aromatic rings. The predicted octanol–water partition coefficient (Wildman–Crippen LogP) is -0.746. The van der Waals surface area contributed by atoms with Crippen molar-refractivity contribution in [2.24, 2.45) is 0 Å². The molecule has 0 aliphatic heterocycles. The van der Waals surface area contributed by atoms with E-state index in [1.165, 1.54) is 6.92 Å². The van der Waals surface area contributed by atoms with E-state index in [0.717, 1.165) is 0 Å². The highest BCUT2D eigenvalue weighted by Gasteiger charge is 2.10. The summed E-state index contributed by atoms with van der Waals surface area (Å²) in [5, 5.41) is 19.8. The van der Waals surface area contributed by atoms with Gasteiger partial charge >= 0.3 is 0 Å². The molecule has 0 unspecified atom stereocenters. The lowest BCUT2D eigenvalue weighted by atomic mass is 10.2. The van der Waals surface area contributed by atoms with Gasteiger partial charge in [0.1, 0.15) is 6.10 Å². The third-order valence-electron chi connectivity index (χ3n) is 1.33. The van der Waals surface area contributed by atoms with Crippen molar-refractivity contribution in [3.05, 3.63) is 0 Å². The van der Waals surface area contributed by atoms with Crippen LogP contribution in [0.25, 0.3) is 0 Å². The van der Waals surface area contributed by atoms with E-state index in [-0.39, 0.29) is 12.6 Å². The van der Waals surface area contributed by atoms with E-state index in [1.54, 1.807) is 6.92 Å². The monoisotopic (exact) mass is 161 g/mol. The minimum atomic E-state index is -0.976. The molecule has 0 aliphatic rings. The van der Waals surface area contributed by atoms with Crippen molar-refractivity contribution in [2.45, 2.75) is 32.4 Å². The zero-order chi connectivity index (χ0) is 8.85. The molecule has 0 rings (SSSR count). The molecular formula is C7H15NO3. The van der Waals surface area contributed by atoms with E-state index in [1.807, 2.05) is 0 Å². The molecule has 0 radical (unpaired) electrons. The Morgan fingerprint density at radius 3 is 2.45 bits per heavy atom. The van der Waals surface area contributed by atoms with Gasteiger partial charge in [-0.05, 0) is 20.3 Å². The van der Waals surface area contributed by atoms with Gasteiger partial charge in [-0.3, -0.25) is 4.79 Å². The van der Waals surface area contributed by atoms with Crippen LogP contribution in [0.3, 0.4) is 0 Å². The lowest BCUT2D eigenvalue weighted by Gasteiger charge is -2.13. The molecule has 0 aromatic carbocycles. The molecule has 2 atom stereocenters. The number of carbonyl (C=O) groups excluding carboxylic acids is 1. The second-order valence-electron chi connectivity index (χ2n) is 2.60. The first-order valence-electron chi connectivity index (χ1n) is 3.67. The Balaban J connectivity index is 3.57. The van der Waals surface area contributed by atoms with E-state index in [2.05, 4.69) is 5.32 Å². The first-order chi connectivity index (χ1) is 5.07. The molecule has 0 bridgehead atoms.